The van der Waals surface area contributed by atoms with Gasteiger partial charge < -0.3 is 4.74 Å². The number of nitrogens with two attached hydrogens (primary N) is 1. The van der Waals surface area contributed by atoms with Crippen LogP contribution in [-0.4, -0.2) is 17.9 Å². The number of hydrazine groups is 1. The fourth-order valence-electron chi connectivity index (χ4n) is 2.07. The predicted octanol–water partition coefficient (Wildman–Crippen LogP) is 2.42. The maximum atomic E-state index is 6.02. The number of benzene rings is 1. The van der Waals surface area contributed by atoms with Crippen LogP contribution in [0, 0.1) is 5.92 Å². The minimum Gasteiger partial charge on any atom is -0.487 e. The molecule has 2 unspecified atom stereocenters. The number of rotatable bonds is 4. The van der Waals surface area contributed by atoms with E-state index in [1.165, 1.54) is 4.90 Å². The number of nitrogens with one attached hydrogen (secondary N) is 1. The number of para-hydroxylation sites is 1. The van der Waals surface area contributed by atoms with E-state index in [4.69, 9.17) is 10.6 Å². The summed E-state index contributed by atoms with van der Waals surface area (Å²) in [5.41, 5.74) is 2.90. The molecule has 1 heterocycles. The van der Waals surface area contributed by atoms with Crippen LogP contribution in [0.15, 0.2) is 29.2 Å². The Hall–Kier alpha value is -0.710. The summed E-state index contributed by atoms with van der Waals surface area (Å²) >= 11 is 1.85. The minimum absolute atomic E-state index is 0.155. The number of hydrogen-bond donors (Lipinski definition) is 2. The van der Waals surface area contributed by atoms with Crippen molar-refractivity contribution in [2.24, 2.45) is 11.8 Å². The number of hydrogen-bond acceptors (Lipinski definition) is 4. The van der Waals surface area contributed by atoms with Gasteiger partial charge in [-0.2, -0.15) is 0 Å². The molecular formula is C13H20N2OS. The average Bonchev–Trinajstić information content (AvgIpc) is 2.35. The molecule has 0 spiro atoms. The Bertz CT molecular complexity index is 370. The molecule has 0 saturated carbocycles. The van der Waals surface area contributed by atoms with Crippen molar-refractivity contribution in [2.75, 3.05) is 5.75 Å². The molecule has 0 saturated heterocycles. The van der Waals surface area contributed by atoms with Gasteiger partial charge in [-0.15, -0.1) is 11.8 Å². The maximum absolute atomic E-state index is 6.02. The van der Waals surface area contributed by atoms with E-state index < -0.39 is 0 Å². The predicted molar refractivity (Wildman–Crippen MR) is 72.1 cm³/mol. The van der Waals surface area contributed by atoms with Crippen molar-refractivity contribution in [3.05, 3.63) is 24.3 Å². The van der Waals surface area contributed by atoms with E-state index in [2.05, 4.69) is 25.3 Å². The Labute approximate surface area is 107 Å². The van der Waals surface area contributed by atoms with Crippen molar-refractivity contribution in [2.45, 2.75) is 37.3 Å². The van der Waals surface area contributed by atoms with Crippen molar-refractivity contribution < 1.29 is 4.74 Å². The molecule has 2 atom stereocenters. The van der Waals surface area contributed by atoms with Crippen LogP contribution in [0.1, 0.15) is 20.3 Å². The zero-order valence-electron chi connectivity index (χ0n) is 10.3. The molecule has 0 amide bonds. The Morgan fingerprint density at radius 1 is 1.47 bits per heavy atom. The van der Waals surface area contributed by atoms with Gasteiger partial charge in [-0.05, 0) is 24.5 Å². The number of ether oxygens (including phenoxy) is 1. The van der Waals surface area contributed by atoms with Crippen LogP contribution in [0.25, 0.3) is 0 Å². The molecule has 1 aliphatic heterocycles. The number of fused-ring (bicyclic) bond motifs is 1. The molecule has 3 N–H and O–H groups in total. The minimum atomic E-state index is 0.155. The van der Waals surface area contributed by atoms with Gasteiger partial charge in [-0.3, -0.25) is 11.3 Å². The molecule has 1 aliphatic rings. The van der Waals surface area contributed by atoms with Crippen LogP contribution >= 0.6 is 11.8 Å². The highest BCUT2D eigenvalue weighted by Crippen LogP contribution is 2.36. The second-order valence-corrected chi connectivity index (χ2v) is 5.88. The van der Waals surface area contributed by atoms with Crippen LogP contribution in [0.2, 0.25) is 0 Å². The Kier molecular flexibility index (Phi) is 4.31. The first-order chi connectivity index (χ1) is 8.20. The molecule has 1 aromatic rings. The summed E-state index contributed by atoms with van der Waals surface area (Å²) in [6.45, 7) is 4.41. The summed E-state index contributed by atoms with van der Waals surface area (Å²) in [7, 11) is 0. The van der Waals surface area contributed by atoms with E-state index in [1.807, 2.05) is 30.0 Å². The third-order valence-electron chi connectivity index (χ3n) is 2.92. The van der Waals surface area contributed by atoms with Crippen LogP contribution in [0.3, 0.4) is 0 Å². The zero-order chi connectivity index (χ0) is 12.3. The Morgan fingerprint density at radius 3 is 2.94 bits per heavy atom. The molecule has 4 heteroatoms. The van der Waals surface area contributed by atoms with Gasteiger partial charge in [0.1, 0.15) is 11.9 Å². The van der Waals surface area contributed by atoms with E-state index in [0.29, 0.717) is 5.92 Å². The highest BCUT2D eigenvalue weighted by molar-refractivity contribution is 7.99. The van der Waals surface area contributed by atoms with Crippen LogP contribution in [0.4, 0.5) is 0 Å². The molecule has 17 heavy (non-hydrogen) atoms. The largest absolute Gasteiger partial charge is 0.487 e. The summed E-state index contributed by atoms with van der Waals surface area (Å²) in [6, 6.07) is 8.40. The smallest absolute Gasteiger partial charge is 0.133 e. The van der Waals surface area contributed by atoms with Crippen LogP contribution in [0.5, 0.6) is 5.75 Å². The van der Waals surface area contributed by atoms with Gasteiger partial charge in [-0.25, -0.2) is 0 Å². The lowest BCUT2D eigenvalue weighted by atomic mass is 10.0. The summed E-state index contributed by atoms with van der Waals surface area (Å²) < 4.78 is 6.02. The summed E-state index contributed by atoms with van der Waals surface area (Å²) in [6.07, 6.45) is 1.19. The zero-order valence-corrected chi connectivity index (χ0v) is 11.2. The van der Waals surface area contributed by atoms with Gasteiger partial charge in [0.2, 0.25) is 0 Å². The summed E-state index contributed by atoms with van der Waals surface area (Å²) in [5.74, 6) is 8.19. The van der Waals surface area contributed by atoms with Gasteiger partial charge in [0.15, 0.2) is 0 Å². The molecule has 0 fully saturated rings. The maximum Gasteiger partial charge on any atom is 0.133 e. The monoisotopic (exact) mass is 252 g/mol. The molecule has 94 valence electrons. The van der Waals surface area contributed by atoms with Gasteiger partial charge in [-0.1, -0.05) is 26.0 Å². The first-order valence-electron chi connectivity index (χ1n) is 6.05. The Balaban J connectivity index is 2.05. The second-order valence-electron chi connectivity index (χ2n) is 4.82. The lowest BCUT2D eigenvalue weighted by Gasteiger charge is -2.32. The van der Waals surface area contributed by atoms with E-state index in [-0.39, 0.29) is 12.1 Å². The highest BCUT2D eigenvalue weighted by atomic mass is 32.2. The van der Waals surface area contributed by atoms with Gasteiger partial charge in [0.05, 0.1) is 6.04 Å². The molecule has 0 aromatic heterocycles. The van der Waals surface area contributed by atoms with Crippen molar-refractivity contribution >= 4 is 11.8 Å². The van der Waals surface area contributed by atoms with Gasteiger partial charge in [0.25, 0.3) is 0 Å². The lowest BCUT2D eigenvalue weighted by molar-refractivity contribution is 0.153. The van der Waals surface area contributed by atoms with Crippen molar-refractivity contribution in [1.29, 1.82) is 0 Å². The van der Waals surface area contributed by atoms with Crippen molar-refractivity contribution in [1.82, 2.24) is 5.43 Å². The molecule has 0 aliphatic carbocycles. The molecule has 0 radical (unpaired) electrons. The second kappa shape index (κ2) is 5.76. The summed E-state index contributed by atoms with van der Waals surface area (Å²) in [4.78, 5) is 1.23. The van der Waals surface area contributed by atoms with Crippen molar-refractivity contribution in [3.63, 3.8) is 0 Å². The topological polar surface area (TPSA) is 47.3 Å². The molecule has 0 bridgehead atoms. The van der Waals surface area contributed by atoms with Crippen LogP contribution < -0.4 is 16.0 Å². The average molecular weight is 252 g/mol. The third-order valence-corrected chi connectivity index (χ3v) is 4.06. The third kappa shape index (κ3) is 3.15. The SMILES string of the molecule is CC(C)CC(NN)C1CSc2ccccc2O1. The molecular weight excluding hydrogens is 232 g/mol. The Morgan fingerprint density at radius 2 is 2.24 bits per heavy atom. The molecule has 2 rings (SSSR count). The number of thioether (sulfide) groups is 1. The van der Waals surface area contributed by atoms with E-state index >= 15 is 0 Å². The van der Waals surface area contributed by atoms with E-state index in [0.717, 1.165) is 17.9 Å². The first-order valence-corrected chi connectivity index (χ1v) is 7.04. The van der Waals surface area contributed by atoms with E-state index in [9.17, 15) is 0 Å². The van der Waals surface area contributed by atoms with E-state index in [1.54, 1.807) is 0 Å². The van der Waals surface area contributed by atoms with Gasteiger partial charge in [0, 0.05) is 10.6 Å². The normalized spacial score (nSPS) is 20.8. The van der Waals surface area contributed by atoms with Crippen molar-refractivity contribution in [3.8, 4) is 5.75 Å². The molecule has 1 aromatic carbocycles. The van der Waals surface area contributed by atoms with Crippen LogP contribution in [-0.2, 0) is 0 Å². The fourth-order valence-corrected chi connectivity index (χ4v) is 3.15. The first kappa shape index (κ1) is 12.7. The quantitative estimate of drug-likeness (QED) is 0.638. The lowest BCUT2D eigenvalue weighted by Crippen LogP contribution is -2.49. The fraction of sp³-hybridized carbons (Fsp3) is 0.538. The summed E-state index contributed by atoms with van der Waals surface area (Å²) in [5, 5.41) is 0. The molecule has 3 nitrogen and oxygen atoms in total. The van der Waals surface area contributed by atoms with Gasteiger partial charge >= 0.3 is 0 Å². The standard InChI is InChI=1S/C13H20N2OS/c1-9(2)7-10(15-14)12-8-17-13-6-4-3-5-11(13)16-12/h3-6,9-10,12,15H,7-8,14H2,1-2H3. The highest BCUT2D eigenvalue weighted by Gasteiger charge is 2.27.